The fourth-order valence-electron chi connectivity index (χ4n) is 2.35. The van der Waals surface area contributed by atoms with Crippen LogP contribution in [0.25, 0.3) is 0 Å². The van der Waals surface area contributed by atoms with Crippen LogP contribution < -0.4 is 16.0 Å². The van der Waals surface area contributed by atoms with Crippen LogP contribution in [-0.2, 0) is 11.2 Å². The summed E-state index contributed by atoms with van der Waals surface area (Å²) in [4.78, 5) is 13.9. The van der Waals surface area contributed by atoms with E-state index >= 15 is 0 Å². The summed E-state index contributed by atoms with van der Waals surface area (Å²) < 4.78 is 0. The first-order valence-corrected chi connectivity index (χ1v) is 6.49. The molecule has 0 fully saturated rings. The molecule has 1 aromatic rings. The standard InChI is InChI=1S/C14H21N3O/c1-10(2)16-14(18)6-8-17-7-5-11-9-12(15)3-4-13(11)17/h3-4,9-10H,5-8,15H2,1-2H3,(H,16,18). The lowest BCUT2D eigenvalue weighted by Crippen LogP contribution is -2.33. The van der Waals surface area contributed by atoms with Gasteiger partial charge in [0.1, 0.15) is 0 Å². The van der Waals surface area contributed by atoms with E-state index in [-0.39, 0.29) is 11.9 Å². The molecule has 3 N–H and O–H groups in total. The van der Waals surface area contributed by atoms with Gasteiger partial charge in [0.2, 0.25) is 5.91 Å². The number of rotatable bonds is 4. The molecule has 1 heterocycles. The van der Waals surface area contributed by atoms with Crippen molar-refractivity contribution in [3.05, 3.63) is 23.8 Å². The minimum Gasteiger partial charge on any atom is -0.399 e. The van der Waals surface area contributed by atoms with Crippen LogP contribution in [0.1, 0.15) is 25.8 Å². The number of nitrogens with one attached hydrogen (secondary N) is 1. The molecule has 1 aromatic carbocycles. The molecular formula is C14H21N3O. The van der Waals surface area contributed by atoms with E-state index in [0.717, 1.165) is 25.2 Å². The number of hydrogen-bond acceptors (Lipinski definition) is 3. The number of nitrogens with two attached hydrogens (primary N) is 1. The van der Waals surface area contributed by atoms with Gasteiger partial charge in [-0.05, 0) is 44.0 Å². The Morgan fingerprint density at radius 1 is 1.50 bits per heavy atom. The molecule has 98 valence electrons. The summed E-state index contributed by atoms with van der Waals surface area (Å²) in [5, 5.41) is 2.91. The number of carbonyl (C=O) groups excluding carboxylic acids is 1. The number of benzene rings is 1. The number of nitrogen functional groups attached to an aromatic ring is 1. The summed E-state index contributed by atoms with van der Waals surface area (Å²) in [7, 11) is 0. The van der Waals surface area contributed by atoms with Crippen molar-refractivity contribution in [2.24, 2.45) is 0 Å². The predicted molar refractivity (Wildman–Crippen MR) is 74.7 cm³/mol. The molecule has 0 spiro atoms. The molecule has 0 aliphatic carbocycles. The molecular weight excluding hydrogens is 226 g/mol. The number of nitrogens with zero attached hydrogens (tertiary/aromatic N) is 1. The van der Waals surface area contributed by atoms with Crippen molar-refractivity contribution in [2.75, 3.05) is 23.7 Å². The highest BCUT2D eigenvalue weighted by Gasteiger charge is 2.19. The van der Waals surface area contributed by atoms with Gasteiger partial charge in [-0.2, -0.15) is 0 Å². The second kappa shape index (κ2) is 5.29. The van der Waals surface area contributed by atoms with E-state index in [0.29, 0.717) is 6.42 Å². The highest BCUT2D eigenvalue weighted by molar-refractivity contribution is 5.77. The molecule has 0 atom stereocenters. The van der Waals surface area contributed by atoms with E-state index < -0.39 is 0 Å². The molecule has 2 rings (SSSR count). The van der Waals surface area contributed by atoms with Crippen LogP contribution >= 0.6 is 0 Å². The van der Waals surface area contributed by atoms with Gasteiger partial charge in [-0.25, -0.2) is 0 Å². The second-order valence-corrected chi connectivity index (χ2v) is 5.10. The van der Waals surface area contributed by atoms with Gasteiger partial charge in [0, 0.05) is 36.9 Å². The van der Waals surface area contributed by atoms with Crippen molar-refractivity contribution in [3.63, 3.8) is 0 Å². The summed E-state index contributed by atoms with van der Waals surface area (Å²) in [6.45, 7) is 5.71. The minimum absolute atomic E-state index is 0.119. The number of carbonyl (C=O) groups is 1. The maximum absolute atomic E-state index is 11.6. The Morgan fingerprint density at radius 3 is 3.00 bits per heavy atom. The quantitative estimate of drug-likeness (QED) is 0.794. The maximum Gasteiger partial charge on any atom is 0.221 e. The molecule has 0 saturated carbocycles. The normalized spacial score (nSPS) is 13.8. The van der Waals surface area contributed by atoms with Gasteiger partial charge < -0.3 is 16.0 Å². The molecule has 0 saturated heterocycles. The average Bonchev–Trinajstić information content (AvgIpc) is 2.67. The predicted octanol–water partition coefficient (Wildman–Crippen LogP) is 1.55. The van der Waals surface area contributed by atoms with Crippen LogP contribution in [0.15, 0.2) is 18.2 Å². The minimum atomic E-state index is 0.119. The Balaban J connectivity index is 1.92. The highest BCUT2D eigenvalue weighted by atomic mass is 16.1. The van der Waals surface area contributed by atoms with Crippen molar-refractivity contribution in [1.82, 2.24) is 5.32 Å². The molecule has 0 unspecified atom stereocenters. The Kier molecular flexibility index (Phi) is 3.75. The van der Waals surface area contributed by atoms with Gasteiger partial charge >= 0.3 is 0 Å². The Hall–Kier alpha value is -1.71. The van der Waals surface area contributed by atoms with Crippen molar-refractivity contribution < 1.29 is 4.79 Å². The first kappa shape index (κ1) is 12.7. The topological polar surface area (TPSA) is 58.4 Å². The van der Waals surface area contributed by atoms with Gasteiger partial charge in [0.15, 0.2) is 0 Å². The van der Waals surface area contributed by atoms with Gasteiger partial charge in [-0.15, -0.1) is 0 Å². The third-order valence-corrected chi connectivity index (χ3v) is 3.15. The average molecular weight is 247 g/mol. The van der Waals surface area contributed by atoms with Gasteiger partial charge in [-0.3, -0.25) is 4.79 Å². The molecule has 4 heteroatoms. The molecule has 1 aliphatic rings. The Labute approximate surface area is 108 Å². The number of hydrogen-bond donors (Lipinski definition) is 2. The van der Waals surface area contributed by atoms with Crippen LogP contribution in [0.2, 0.25) is 0 Å². The summed E-state index contributed by atoms with van der Waals surface area (Å²) >= 11 is 0. The SMILES string of the molecule is CC(C)NC(=O)CCN1CCc2cc(N)ccc21. The summed E-state index contributed by atoms with van der Waals surface area (Å²) in [5.74, 6) is 0.119. The molecule has 0 aromatic heterocycles. The third-order valence-electron chi connectivity index (χ3n) is 3.15. The number of fused-ring (bicyclic) bond motifs is 1. The second-order valence-electron chi connectivity index (χ2n) is 5.10. The van der Waals surface area contributed by atoms with Crippen LogP contribution in [0.4, 0.5) is 11.4 Å². The van der Waals surface area contributed by atoms with Gasteiger partial charge in [-0.1, -0.05) is 0 Å². The first-order chi connectivity index (χ1) is 8.56. The lowest BCUT2D eigenvalue weighted by molar-refractivity contribution is -0.121. The monoisotopic (exact) mass is 247 g/mol. The molecule has 4 nitrogen and oxygen atoms in total. The van der Waals surface area contributed by atoms with E-state index in [4.69, 9.17) is 5.73 Å². The van der Waals surface area contributed by atoms with Gasteiger partial charge in [0.05, 0.1) is 0 Å². The van der Waals surface area contributed by atoms with E-state index in [2.05, 4.69) is 16.3 Å². The summed E-state index contributed by atoms with van der Waals surface area (Å²) in [6.07, 6.45) is 1.56. The fraction of sp³-hybridized carbons (Fsp3) is 0.500. The number of anilines is 2. The van der Waals surface area contributed by atoms with E-state index in [1.165, 1.54) is 11.3 Å². The zero-order valence-electron chi connectivity index (χ0n) is 11.1. The van der Waals surface area contributed by atoms with Crippen molar-refractivity contribution in [1.29, 1.82) is 0 Å². The first-order valence-electron chi connectivity index (χ1n) is 6.49. The third kappa shape index (κ3) is 2.94. The summed E-state index contributed by atoms with van der Waals surface area (Å²) in [5.41, 5.74) is 9.10. The lowest BCUT2D eigenvalue weighted by atomic mass is 10.1. The van der Waals surface area contributed by atoms with Crippen LogP contribution in [-0.4, -0.2) is 25.0 Å². The molecule has 18 heavy (non-hydrogen) atoms. The van der Waals surface area contributed by atoms with E-state index in [1.54, 1.807) is 0 Å². The smallest absolute Gasteiger partial charge is 0.221 e. The molecule has 0 bridgehead atoms. The lowest BCUT2D eigenvalue weighted by Gasteiger charge is -2.19. The molecule has 1 amide bonds. The maximum atomic E-state index is 11.6. The Bertz CT molecular complexity index is 443. The molecule has 0 radical (unpaired) electrons. The largest absolute Gasteiger partial charge is 0.399 e. The van der Waals surface area contributed by atoms with Crippen molar-refractivity contribution in [3.8, 4) is 0 Å². The summed E-state index contributed by atoms with van der Waals surface area (Å²) in [6, 6.07) is 6.22. The highest BCUT2D eigenvalue weighted by Crippen LogP contribution is 2.29. The van der Waals surface area contributed by atoms with Crippen LogP contribution in [0, 0.1) is 0 Å². The van der Waals surface area contributed by atoms with E-state index in [9.17, 15) is 4.79 Å². The van der Waals surface area contributed by atoms with Gasteiger partial charge in [0.25, 0.3) is 0 Å². The van der Waals surface area contributed by atoms with Crippen molar-refractivity contribution >= 4 is 17.3 Å². The van der Waals surface area contributed by atoms with Crippen LogP contribution in [0.5, 0.6) is 0 Å². The van der Waals surface area contributed by atoms with Crippen molar-refractivity contribution in [2.45, 2.75) is 32.7 Å². The number of amides is 1. The fourth-order valence-corrected chi connectivity index (χ4v) is 2.35. The molecule has 1 aliphatic heterocycles. The zero-order chi connectivity index (χ0) is 13.1. The van der Waals surface area contributed by atoms with Crippen LogP contribution in [0.3, 0.4) is 0 Å². The Morgan fingerprint density at radius 2 is 2.28 bits per heavy atom. The zero-order valence-corrected chi connectivity index (χ0v) is 11.1. The van der Waals surface area contributed by atoms with E-state index in [1.807, 2.05) is 26.0 Å².